The van der Waals surface area contributed by atoms with Crippen LogP contribution >= 0.6 is 0 Å². The van der Waals surface area contributed by atoms with E-state index in [-0.39, 0.29) is 0 Å². The molecule has 3 heterocycles. The van der Waals surface area contributed by atoms with Crippen molar-refractivity contribution in [2.45, 2.75) is 20.0 Å². The van der Waals surface area contributed by atoms with E-state index in [0.717, 1.165) is 47.1 Å². The average Bonchev–Trinajstić information content (AvgIpc) is 2.46. The molecule has 0 amide bonds. The topological polar surface area (TPSA) is 59.9 Å². The molecule has 0 saturated carbocycles. The molecule has 0 saturated heterocycles. The Bertz CT molecular complexity index is 595. The number of fused-ring (bicyclic) bond motifs is 1. The van der Waals surface area contributed by atoms with E-state index in [4.69, 9.17) is 4.74 Å². The normalized spacial score (nSPS) is 14.0. The summed E-state index contributed by atoms with van der Waals surface area (Å²) in [4.78, 5) is 13.4. The molecule has 98 valence electrons. The molecule has 0 radical (unpaired) electrons. The van der Waals surface area contributed by atoms with Crippen LogP contribution in [0.5, 0.6) is 0 Å². The van der Waals surface area contributed by atoms with Crippen molar-refractivity contribution in [2.75, 3.05) is 19.0 Å². The van der Waals surface area contributed by atoms with Gasteiger partial charge in [-0.15, -0.1) is 0 Å². The van der Waals surface area contributed by atoms with E-state index in [1.54, 1.807) is 6.20 Å². The zero-order chi connectivity index (χ0) is 13.2. The van der Waals surface area contributed by atoms with E-state index in [1.165, 1.54) is 0 Å². The first-order chi connectivity index (χ1) is 9.29. The molecule has 5 heteroatoms. The molecule has 0 bridgehead atoms. The molecule has 3 rings (SSSR count). The van der Waals surface area contributed by atoms with E-state index in [0.29, 0.717) is 6.61 Å². The Hall–Kier alpha value is -2.01. The first-order valence-corrected chi connectivity index (χ1v) is 6.36. The molecule has 1 aliphatic heterocycles. The van der Waals surface area contributed by atoms with Gasteiger partial charge in [-0.05, 0) is 18.6 Å². The van der Waals surface area contributed by atoms with E-state index in [2.05, 4.69) is 20.3 Å². The van der Waals surface area contributed by atoms with Gasteiger partial charge >= 0.3 is 0 Å². The number of pyridine rings is 1. The van der Waals surface area contributed by atoms with Gasteiger partial charge in [-0.25, -0.2) is 9.97 Å². The van der Waals surface area contributed by atoms with Gasteiger partial charge in [-0.2, -0.15) is 0 Å². The summed E-state index contributed by atoms with van der Waals surface area (Å²) in [7, 11) is 1.87. The highest BCUT2D eigenvalue weighted by Gasteiger charge is 2.18. The third-order valence-corrected chi connectivity index (χ3v) is 3.34. The smallest absolute Gasteiger partial charge is 0.163 e. The van der Waals surface area contributed by atoms with Gasteiger partial charge in [0.05, 0.1) is 18.9 Å². The third kappa shape index (κ3) is 2.17. The van der Waals surface area contributed by atoms with Crippen LogP contribution in [0, 0.1) is 6.92 Å². The second-order valence-corrected chi connectivity index (χ2v) is 4.56. The molecule has 19 heavy (non-hydrogen) atoms. The van der Waals surface area contributed by atoms with Gasteiger partial charge in [0, 0.05) is 37.0 Å². The van der Waals surface area contributed by atoms with E-state index in [9.17, 15) is 0 Å². The monoisotopic (exact) mass is 256 g/mol. The highest BCUT2D eigenvalue weighted by molar-refractivity contribution is 5.62. The largest absolute Gasteiger partial charge is 0.376 e. The standard InChI is InChI=1S/C14H16N4O/c1-9-3-5-16-7-10(9)14-17-12-4-6-19-8-11(12)13(15-2)18-14/h3,5,7H,4,6,8H2,1-2H3,(H,15,17,18). The minimum Gasteiger partial charge on any atom is -0.376 e. The summed E-state index contributed by atoms with van der Waals surface area (Å²) in [5.41, 5.74) is 4.25. The average molecular weight is 256 g/mol. The molecule has 0 fully saturated rings. The van der Waals surface area contributed by atoms with E-state index >= 15 is 0 Å². The Labute approximate surface area is 112 Å². The fourth-order valence-corrected chi connectivity index (χ4v) is 2.26. The highest BCUT2D eigenvalue weighted by atomic mass is 16.5. The molecule has 2 aromatic rings. The van der Waals surface area contributed by atoms with Crippen molar-refractivity contribution in [3.8, 4) is 11.4 Å². The lowest BCUT2D eigenvalue weighted by atomic mass is 10.1. The maximum Gasteiger partial charge on any atom is 0.163 e. The van der Waals surface area contributed by atoms with Crippen LogP contribution in [0.4, 0.5) is 5.82 Å². The molecule has 0 spiro atoms. The van der Waals surface area contributed by atoms with Crippen LogP contribution in [0.25, 0.3) is 11.4 Å². The van der Waals surface area contributed by atoms with Crippen LogP contribution in [0.3, 0.4) is 0 Å². The number of anilines is 1. The molecular weight excluding hydrogens is 240 g/mol. The van der Waals surface area contributed by atoms with Crippen LogP contribution in [0.15, 0.2) is 18.5 Å². The number of nitrogens with zero attached hydrogens (tertiary/aromatic N) is 3. The summed E-state index contributed by atoms with van der Waals surface area (Å²) in [6.07, 6.45) is 4.43. The van der Waals surface area contributed by atoms with Gasteiger partial charge in [0.15, 0.2) is 5.82 Å². The maximum absolute atomic E-state index is 5.48. The third-order valence-electron chi connectivity index (χ3n) is 3.34. The summed E-state index contributed by atoms with van der Waals surface area (Å²) in [6.45, 7) is 3.35. The Kier molecular flexibility index (Phi) is 3.13. The number of nitrogens with one attached hydrogen (secondary N) is 1. The first-order valence-electron chi connectivity index (χ1n) is 6.36. The van der Waals surface area contributed by atoms with Gasteiger partial charge < -0.3 is 10.1 Å². The molecule has 1 N–H and O–H groups in total. The van der Waals surface area contributed by atoms with Gasteiger partial charge in [0.2, 0.25) is 0 Å². The molecule has 1 aliphatic rings. The minimum absolute atomic E-state index is 0.581. The van der Waals surface area contributed by atoms with Crippen molar-refractivity contribution >= 4 is 5.82 Å². The maximum atomic E-state index is 5.48. The molecular formula is C14H16N4O. The second-order valence-electron chi connectivity index (χ2n) is 4.56. The van der Waals surface area contributed by atoms with Gasteiger partial charge in [-0.1, -0.05) is 0 Å². The lowest BCUT2D eigenvalue weighted by Gasteiger charge is -2.19. The Morgan fingerprint density at radius 2 is 2.21 bits per heavy atom. The van der Waals surface area contributed by atoms with Crippen molar-refractivity contribution in [1.29, 1.82) is 0 Å². The number of hydrogen-bond donors (Lipinski definition) is 1. The number of aryl methyl sites for hydroxylation is 1. The van der Waals surface area contributed by atoms with Crippen LogP contribution < -0.4 is 5.32 Å². The fourth-order valence-electron chi connectivity index (χ4n) is 2.26. The second kappa shape index (κ2) is 4.93. The van der Waals surface area contributed by atoms with Crippen LogP contribution in [-0.4, -0.2) is 28.6 Å². The lowest BCUT2D eigenvalue weighted by molar-refractivity contribution is 0.109. The summed E-state index contributed by atoms with van der Waals surface area (Å²) >= 11 is 0. The zero-order valence-electron chi connectivity index (χ0n) is 11.1. The van der Waals surface area contributed by atoms with Crippen LogP contribution in [0.2, 0.25) is 0 Å². The van der Waals surface area contributed by atoms with E-state index < -0.39 is 0 Å². The van der Waals surface area contributed by atoms with Gasteiger partial charge in [0.1, 0.15) is 5.82 Å². The van der Waals surface area contributed by atoms with Crippen molar-refractivity contribution in [1.82, 2.24) is 15.0 Å². The van der Waals surface area contributed by atoms with Crippen molar-refractivity contribution in [3.63, 3.8) is 0 Å². The molecule has 0 unspecified atom stereocenters. The lowest BCUT2D eigenvalue weighted by Crippen LogP contribution is -2.16. The molecule has 5 nitrogen and oxygen atoms in total. The van der Waals surface area contributed by atoms with Gasteiger partial charge in [-0.3, -0.25) is 4.98 Å². The van der Waals surface area contributed by atoms with Crippen molar-refractivity contribution in [3.05, 3.63) is 35.3 Å². The molecule has 0 atom stereocenters. The highest BCUT2D eigenvalue weighted by Crippen LogP contribution is 2.26. The zero-order valence-corrected chi connectivity index (χ0v) is 11.1. The molecule has 0 aromatic carbocycles. The quantitative estimate of drug-likeness (QED) is 0.890. The summed E-state index contributed by atoms with van der Waals surface area (Å²) < 4.78 is 5.48. The number of aromatic nitrogens is 3. The summed E-state index contributed by atoms with van der Waals surface area (Å²) in [6, 6.07) is 1.97. The molecule has 2 aromatic heterocycles. The predicted octanol–water partition coefficient (Wildman–Crippen LogP) is 1.96. The van der Waals surface area contributed by atoms with E-state index in [1.807, 2.05) is 26.2 Å². The van der Waals surface area contributed by atoms with Gasteiger partial charge in [0.25, 0.3) is 0 Å². The van der Waals surface area contributed by atoms with Crippen molar-refractivity contribution < 1.29 is 4.74 Å². The molecule has 0 aliphatic carbocycles. The van der Waals surface area contributed by atoms with Crippen molar-refractivity contribution in [2.24, 2.45) is 0 Å². The van der Waals surface area contributed by atoms with Crippen LogP contribution in [-0.2, 0) is 17.8 Å². The number of ether oxygens (including phenoxy) is 1. The Morgan fingerprint density at radius 1 is 1.32 bits per heavy atom. The number of rotatable bonds is 2. The predicted molar refractivity (Wildman–Crippen MR) is 72.9 cm³/mol. The first kappa shape index (κ1) is 12.0. The fraction of sp³-hybridized carbons (Fsp3) is 0.357. The minimum atomic E-state index is 0.581. The summed E-state index contributed by atoms with van der Waals surface area (Å²) in [5, 5.41) is 3.13. The SMILES string of the molecule is CNc1nc(-c2cnccc2C)nc2c1COCC2. The Balaban J connectivity index is 2.15. The van der Waals surface area contributed by atoms with Crippen LogP contribution in [0.1, 0.15) is 16.8 Å². The summed E-state index contributed by atoms with van der Waals surface area (Å²) in [5.74, 6) is 1.58. The Morgan fingerprint density at radius 3 is 3.00 bits per heavy atom. The number of hydrogen-bond acceptors (Lipinski definition) is 5.